The second-order valence-electron chi connectivity index (χ2n) is 4.21. The van der Waals surface area contributed by atoms with Crippen LogP contribution in [0.15, 0.2) is 33.5 Å². The van der Waals surface area contributed by atoms with Crippen molar-refractivity contribution in [3.8, 4) is 0 Å². The first-order valence-corrected chi connectivity index (χ1v) is 9.40. The highest BCUT2D eigenvalue weighted by atomic mass is 32.2. The Morgan fingerprint density at radius 3 is 2.57 bits per heavy atom. The van der Waals surface area contributed by atoms with Crippen molar-refractivity contribution < 1.29 is 8.42 Å². The average molecular weight is 342 g/mol. The molecule has 0 radical (unpaired) electrons. The van der Waals surface area contributed by atoms with Crippen LogP contribution in [0.4, 0.5) is 0 Å². The third-order valence-electron chi connectivity index (χ3n) is 2.61. The minimum absolute atomic E-state index is 0.0235. The zero-order chi connectivity index (χ0) is 15.5. The van der Waals surface area contributed by atoms with E-state index in [-0.39, 0.29) is 16.5 Å². The first kappa shape index (κ1) is 15.9. The molecule has 3 N–H and O–H groups in total. The number of rotatable bonds is 6. The molecule has 0 unspecified atom stereocenters. The Kier molecular flexibility index (Phi) is 4.96. The summed E-state index contributed by atoms with van der Waals surface area (Å²) in [6.07, 6.45) is 0. The van der Waals surface area contributed by atoms with Crippen LogP contribution in [-0.2, 0) is 9.84 Å². The predicted molar refractivity (Wildman–Crippen MR) is 84.9 cm³/mol. The van der Waals surface area contributed by atoms with Gasteiger partial charge in [0.2, 0.25) is 0 Å². The van der Waals surface area contributed by atoms with Gasteiger partial charge in [-0.05, 0) is 30.6 Å². The number of nitrogens with one attached hydrogen (secondary N) is 1. The molecule has 0 fully saturated rings. The van der Waals surface area contributed by atoms with Crippen LogP contribution in [0.5, 0.6) is 0 Å². The van der Waals surface area contributed by atoms with Gasteiger partial charge in [-0.2, -0.15) is 4.37 Å². The zero-order valence-corrected chi connectivity index (χ0v) is 13.7. The van der Waals surface area contributed by atoms with Gasteiger partial charge in [0.05, 0.1) is 10.6 Å². The maximum Gasteiger partial charge on any atom is 0.179 e. The van der Waals surface area contributed by atoms with Gasteiger partial charge < -0.3 is 5.73 Å². The summed E-state index contributed by atoms with van der Waals surface area (Å²) >= 11 is 2.65. The molecule has 0 saturated heterocycles. The molecule has 0 aliphatic carbocycles. The fourth-order valence-corrected chi connectivity index (χ4v) is 4.90. The molecule has 1 heterocycles. The van der Waals surface area contributed by atoms with Crippen molar-refractivity contribution >= 4 is 39.0 Å². The summed E-state index contributed by atoms with van der Waals surface area (Å²) in [6, 6.07) is 6.03. The summed E-state index contributed by atoms with van der Waals surface area (Å²) in [5.41, 5.74) is 5.85. The smallest absolute Gasteiger partial charge is 0.179 e. The van der Waals surface area contributed by atoms with Crippen LogP contribution in [0.2, 0.25) is 0 Å². The summed E-state index contributed by atoms with van der Waals surface area (Å²) in [6.45, 7) is 1.80. The fourth-order valence-electron chi connectivity index (χ4n) is 1.54. The summed E-state index contributed by atoms with van der Waals surface area (Å²) in [7, 11) is -3.34. The van der Waals surface area contributed by atoms with Crippen LogP contribution in [-0.4, -0.2) is 35.1 Å². The molecule has 6 nitrogen and oxygen atoms in total. The predicted octanol–water partition coefficient (Wildman–Crippen LogP) is 1.70. The fraction of sp³-hybridized carbons (Fsp3) is 0.250. The summed E-state index contributed by atoms with van der Waals surface area (Å²) in [5.74, 6) is 1.06. The number of hydrogen-bond acceptors (Lipinski definition) is 7. The topological polar surface area (TPSA) is 110 Å². The van der Waals surface area contributed by atoms with Gasteiger partial charge >= 0.3 is 0 Å². The molecule has 1 aromatic heterocycles. The van der Waals surface area contributed by atoms with Gasteiger partial charge in [0, 0.05) is 11.3 Å². The van der Waals surface area contributed by atoms with Crippen molar-refractivity contribution in [1.82, 2.24) is 9.36 Å². The number of nitrogens with zero attached hydrogens (tertiary/aromatic N) is 2. The van der Waals surface area contributed by atoms with Crippen molar-refractivity contribution in [3.05, 3.63) is 35.7 Å². The van der Waals surface area contributed by atoms with E-state index < -0.39 is 9.84 Å². The normalized spacial score (nSPS) is 11.5. The first-order chi connectivity index (χ1) is 9.88. The lowest BCUT2D eigenvalue weighted by molar-refractivity contribution is 0.597. The number of benzene rings is 1. The Morgan fingerprint density at radius 2 is 2.05 bits per heavy atom. The van der Waals surface area contributed by atoms with Crippen molar-refractivity contribution in [3.63, 3.8) is 0 Å². The minimum atomic E-state index is -3.34. The van der Waals surface area contributed by atoms with Gasteiger partial charge in [0.25, 0.3) is 0 Å². The van der Waals surface area contributed by atoms with Gasteiger partial charge in [0.1, 0.15) is 11.7 Å². The van der Waals surface area contributed by atoms with Gasteiger partial charge in [-0.3, -0.25) is 5.41 Å². The monoisotopic (exact) mass is 342 g/mol. The van der Waals surface area contributed by atoms with E-state index in [4.69, 9.17) is 11.1 Å². The van der Waals surface area contributed by atoms with Crippen LogP contribution in [0.3, 0.4) is 0 Å². The standard InChI is InChI=1S/C12H14N4O2S3/c1-8-15-12(20-16-8)19-6-7-21(17,18)10-4-2-9(3-5-10)11(13)14/h2-5H,6-7H2,1H3,(H3,13,14). The van der Waals surface area contributed by atoms with Crippen molar-refractivity contribution in [2.24, 2.45) is 5.73 Å². The molecule has 0 atom stereocenters. The highest BCUT2D eigenvalue weighted by Gasteiger charge is 2.15. The largest absolute Gasteiger partial charge is 0.384 e. The first-order valence-electron chi connectivity index (χ1n) is 5.99. The minimum Gasteiger partial charge on any atom is -0.384 e. The van der Waals surface area contributed by atoms with E-state index in [1.165, 1.54) is 47.6 Å². The van der Waals surface area contributed by atoms with E-state index in [1.54, 1.807) is 6.92 Å². The quantitative estimate of drug-likeness (QED) is 0.470. The van der Waals surface area contributed by atoms with Crippen LogP contribution in [0, 0.1) is 12.3 Å². The molecule has 0 saturated carbocycles. The van der Waals surface area contributed by atoms with Crippen molar-refractivity contribution in [2.45, 2.75) is 16.2 Å². The summed E-state index contributed by atoms with van der Waals surface area (Å²) in [4.78, 5) is 4.41. The third-order valence-corrected chi connectivity index (χ3v) is 6.53. The van der Waals surface area contributed by atoms with E-state index in [2.05, 4.69) is 9.36 Å². The molecule has 0 aliphatic heterocycles. The number of sulfone groups is 1. The lowest BCUT2D eigenvalue weighted by atomic mass is 10.2. The van der Waals surface area contributed by atoms with E-state index >= 15 is 0 Å². The number of nitrogens with two attached hydrogens (primary N) is 1. The van der Waals surface area contributed by atoms with Crippen LogP contribution in [0.1, 0.15) is 11.4 Å². The number of aryl methyl sites for hydroxylation is 1. The van der Waals surface area contributed by atoms with Crippen LogP contribution in [0.25, 0.3) is 0 Å². The van der Waals surface area contributed by atoms with E-state index in [0.29, 0.717) is 17.1 Å². The Bertz CT molecular complexity index is 738. The maximum atomic E-state index is 12.2. The molecule has 2 aromatic rings. The Balaban J connectivity index is 1.99. The van der Waals surface area contributed by atoms with Crippen molar-refractivity contribution in [1.29, 1.82) is 5.41 Å². The second kappa shape index (κ2) is 6.54. The van der Waals surface area contributed by atoms with E-state index in [0.717, 1.165) is 4.34 Å². The molecule has 2 rings (SSSR count). The molecular formula is C12H14N4O2S3. The third kappa shape index (κ3) is 4.26. The summed E-state index contributed by atoms with van der Waals surface area (Å²) in [5, 5.41) is 7.28. The molecule has 21 heavy (non-hydrogen) atoms. The lowest BCUT2D eigenvalue weighted by Gasteiger charge is -2.04. The summed E-state index contributed by atoms with van der Waals surface area (Å²) < 4.78 is 29.2. The molecule has 0 bridgehead atoms. The van der Waals surface area contributed by atoms with Crippen molar-refractivity contribution in [2.75, 3.05) is 11.5 Å². The molecule has 0 amide bonds. The Morgan fingerprint density at radius 1 is 1.38 bits per heavy atom. The number of amidine groups is 1. The Hall–Kier alpha value is -1.45. The molecule has 0 aliphatic rings. The van der Waals surface area contributed by atoms with Crippen LogP contribution >= 0.6 is 23.3 Å². The number of nitrogen functional groups attached to an aromatic ring is 1. The highest BCUT2D eigenvalue weighted by molar-refractivity contribution is 8.02. The zero-order valence-electron chi connectivity index (χ0n) is 11.2. The molecule has 9 heteroatoms. The van der Waals surface area contributed by atoms with Gasteiger partial charge in [-0.15, -0.1) is 0 Å². The average Bonchev–Trinajstić information content (AvgIpc) is 2.84. The van der Waals surface area contributed by atoms with E-state index in [9.17, 15) is 8.42 Å². The van der Waals surface area contributed by atoms with Gasteiger partial charge in [-0.25, -0.2) is 13.4 Å². The van der Waals surface area contributed by atoms with Gasteiger partial charge in [-0.1, -0.05) is 23.9 Å². The van der Waals surface area contributed by atoms with E-state index in [1.807, 2.05) is 0 Å². The van der Waals surface area contributed by atoms with Crippen LogP contribution < -0.4 is 5.73 Å². The van der Waals surface area contributed by atoms with Gasteiger partial charge in [0.15, 0.2) is 14.2 Å². The molecule has 1 aromatic carbocycles. The highest BCUT2D eigenvalue weighted by Crippen LogP contribution is 2.21. The second-order valence-corrected chi connectivity index (χ2v) is 8.42. The SMILES string of the molecule is Cc1nsc(SCCS(=O)(=O)c2ccc(C(=N)N)cc2)n1. The molecule has 112 valence electrons. The number of aromatic nitrogens is 2. The number of hydrogen-bond donors (Lipinski definition) is 2. The maximum absolute atomic E-state index is 12.2. The molecular weight excluding hydrogens is 328 g/mol. The Labute approximate surface area is 131 Å². The lowest BCUT2D eigenvalue weighted by Crippen LogP contribution is -2.12. The molecule has 0 spiro atoms. The number of thioether (sulfide) groups is 1.